The molecule has 2 aromatic carbocycles. The molecule has 2 heterocycles. The van der Waals surface area contributed by atoms with Crippen molar-refractivity contribution in [2.45, 2.75) is 13.2 Å². The first kappa shape index (κ1) is 21.7. The van der Waals surface area contributed by atoms with Crippen LogP contribution < -0.4 is 14.8 Å². The van der Waals surface area contributed by atoms with Gasteiger partial charge < -0.3 is 13.9 Å². The van der Waals surface area contributed by atoms with Gasteiger partial charge in [0.25, 0.3) is 5.91 Å². The number of para-hydroxylation sites is 2. The number of nitrogens with zero attached hydrogens (tertiary/aromatic N) is 3. The molecule has 0 aliphatic heterocycles. The van der Waals surface area contributed by atoms with Crippen molar-refractivity contribution in [3.63, 3.8) is 0 Å². The third kappa shape index (κ3) is 5.22. The molecule has 32 heavy (non-hydrogen) atoms. The monoisotopic (exact) mass is 472 g/mol. The Kier molecular flexibility index (Phi) is 6.63. The predicted molar refractivity (Wildman–Crippen MR) is 120 cm³/mol. The summed E-state index contributed by atoms with van der Waals surface area (Å²) in [6.07, 6.45) is 1.50. The van der Waals surface area contributed by atoms with Gasteiger partial charge in [-0.2, -0.15) is 0 Å². The number of carbonyl (C=O) groups excluding carboxylic acids is 1. The summed E-state index contributed by atoms with van der Waals surface area (Å²) in [6.45, 7) is 0.520. The number of benzene rings is 2. The molecule has 1 N–H and O–H groups in total. The van der Waals surface area contributed by atoms with Crippen LogP contribution in [-0.4, -0.2) is 27.8 Å². The lowest BCUT2D eigenvalue weighted by atomic mass is 10.2. The number of hydrogen-bond donors (Lipinski definition) is 1. The van der Waals surface area contributed by atoms with Crippen molar-refractivity contribution in [2.24, 2.45) is 0 Å². The summed E-state index contributed by atoms with van der Waals surface area (Å²) in [7, 11) is 1.57. The Balaban J connectivity index is 1.35. The van der Waals surface area contributed by atoms with Crippen LogP contribution in [0.25, 0.3) is 0 Å². The van der Waals surface area contributed by atoms with Crippen LogP contribution in [0.2, 0.25) is 10.0 Å². The summed E-state index contributed by atoms with van der Waals surface area (Å²) in [5, 5.41) is 7.92. The molecule has 4 aromatic rings. The predicted octanol–water partition coefficient (Wildman–Crippen LogP) is 5.07. The minimum Gasteiger partial charge on any atom is -0.493 e. The summed E-state index contributed by atoms with van der Waals surface area (Å²) in [4.78, 5) is 16.6. The highest BCUT2D eigenvalue weighted by molar-refractivity contribution is 6.35. The molecule has 8 nitrogen and oxygen atoms in total. The number of aromatic nitrogens is 3. The van der Waals surface area contributed by atoms with Crippen LogP contribution in [-0.2, 0) is 13.2 Å². The normalized spacial score (nSPS) is 10.7. The molecule has 4 rings (SSSR count). The minimum atomic E-state index is -0.476. The topological polar surface area (TPSA) is 91.4 Å². The maximum atomic E-state index is 12.5. The number of furan rings is 1. The maximum absolute atomic E-state index is 12.5. The molecular weight excluding hydrogens is 455 g/mol. The molecule has 0 spiro atoms. The number of hydrogen-bond acceptors (Lipinski definition) is 6. The lowest BCUT2D eigenvalue weighted by Crippen LogP contribution is -2.12. The number of rotatable bonds is 8. The van der Waals surface area contributed by atoms with Crippen molar-refractivity contribution in [2.75, 3.05) is 12.4 Å². The van der Waals surface area contributed by atoms with E-state index in [9.17, 15) is 4.79 Å². The third-order valence-corrected chi connectivity index (χ3v) is 5.02. The Labute approximate surface area is 193 Å². The molecule has 10 heteroatoms. The molecule has 0 unspecified atom stereocenters. The van der Waals surface area contributed by atoms with E-state index in [2.05, 4.69) is 15.4 Å². The second-order valence-corrected chi connectivity index (χ2v) is 7.50. The van der Waals surface area contributed by atoms with Crippen molar-refractivity contribution in [3.05, 3.63) is 88.1 Å². The number of anilines is 1. The van der Waals surface area contributed by atoms with Crippen LogP contribution >= 0.6 is 23.2 Å². The van der Waals surface area contributed by atoms with Crippen LogP contribution in [0.5, 0.6) is 11.5 Å². The van der Waals surface area contributed by atoms with Gasteiger partial charge in [0.05, 0.1) is 13.7 Å². The molecule has 0 bridgehead atoms. The zero-order chi connectivity index (χ0) is 22.5. The number of ether oxygens (including phenoxy) is 2. The Morgan fingerprint density at radius 2 is 1.94 bits per heavy atom. The molecule has 0 saturated heterocycles. The second kappa shape index (κ2) is 9.76. The Hall–Kier alpha value is -3.49. The van der Waals surface area contributed by atoms with Crippen LogP contribution in [0.4, 0.5) is 5.95 Å². The van der Waals surface area contributed by atoms with Gasteiger partial charge in [0.15, 0.2) is 17.3 Å². The molecular formula is C22H18Cl2N4O4. The van der Waals surface area contributed by atoms with Gasteiger partial charge in [0.2, 0.25) is 5.95 Å². The summed E-state index contributed by atoms with van der Waals surface area (Å²) < 4.78 is 18.1. The number of nitrogens with one attached hydrogen (secondary N) is 1. The highest BCUT2D eigenvalue weighted by Gasteiger charge is 2.15. The van der Waals surface area contributed by atoms with E-state index in [0.29, 0.717) is 33.8 Å². The Morgan fingerprint density at radius 3 is 2.72 bits per heavy atom. The van der Waals surface area contributed by atoms with Gasteiger partial charge in [-0.25, -0.2) is 9.67 Å². The van der Waals surface area contributed by atoms with Gasteiger partial charge in [-0.1, -0.05) is 41.4 Å². The second-order valence-electron chi connectivity index (χ2n) is 6.66. The van der Waals surface area contributed by atoms with Crippen molar-refractivity contribution in [3.8, 4) is 11.5 Å². The van der Waals surface area contributed by atoms with Gasteiger partial charge >= 0.3 is 0 Å². The SMILES string of the molecule is COc1ccccc1OCc1ccc(C(=O)Nc2ncn(Cc3ccc(Cl)cc3Cl)n2)o1. The van der Waals surface area contributed by atoms with Crippen LogP contribution in [0.3, 0.4) is 0 Å². The van der Waals surface area contributed by atoms with Crippen molar-refractivity contribution in [1.82, 2.24) is 14.8 Å². The quantitative estimate of drug-likeness (QED) is 0.385. The Bertz CT molecular complexity index is 1240. The number of amides is 1. The lowest BCUT2D eigenvalue weighted by Gasteiger charge is -2.08. The largest absolute Gasteiger partial charge is 0.493 e. The fourth-order valence-electron chi connectivity index (χ4n) is 2.88. The smallest absolute Gasteiger partial charge is 0.293 e. The van der Waals surface area contributed by atoms with E-state index in [1.54, 1.807) is 48.2 Å². The average molecular weight is 473 g/mol. The molecule has 0 fully saturated rings. The first-order valence-electron chi connectivity index (χ1n) is 9.51. The Morgan fingerprint density at radius 1 is 1.12 bits per heavy atom. The minimum absolute atomic E-state index is 0.112. The standard InChI is InChI=1S/C22H18Cl2N4O4/c1-30-18-4-2-3-5-19(18)31-12-16-8-9-20(32-16)21(29)26-22-25-13-28(27-22)11-14-6-7-15(23)10-17(14)24/h2-10,13H,11-12H2,1H3,(H,26,27,29). The summed E-state index contributed by atoms with van der Waals surface area (Å²) in [5.74, 6) is 1.45. The molecule has 0 aliphatic carbocycles. The number of carbonyl (C=O) groups is 1. The molecule has 0 radical (unpaired) electrons. The molecule has 164 valence electrons. The van der Waals surface area contributed by atoms with Crippen LogP contribution in [0, 0.1) is 0 Å². The number of halogens is 2. The zero-order valence-corrected chi connectivity index (χ0v) is 18.4. The van der Waals surface area contributed by atoms with Gasteiger partial charge in [0.1, 0.15) is 18.7 Å². The molecule has 0 saturated carbocycles. The third-order valence-electron chi connectivity index (χ3n) is 4.43. The zero-order valence-electron chi connectivity index (χ0n) is 16.9. The van der Waals surface area contributed by atoms with Crippen LogP contribution in [0.1, 0.15) is 21.9 Å². The summed E-state index contributed by atoms with van der Waals surface area (Å²) in [5.41, 5.74) is 0.824. The molecule has 2 aromatic heterocycles. The maximum Gasteiger partial charge on any atom is 0.293 e. The van der Waals surface area contributed by atoms with E-state index in [0.717, 1.165) is 5.56 Å². The van der Waals surface area contributed by atoms with Gasteiger partial charge in [-0.3, -0.25) is 10.1 Å². The van der Waals surface area contributed by atoms with E-state index in [1.165, 1.54) is 6.33 Å². The molecule has 0 atom stereocenters. The van der Waals surface area contributed by atoms with Gasteiger partial charge in [0, 0.05) is 10.0 Å². The van der Waals surface area contributed by atoms with Gasteiger partial charge in [-0.15, -0.1) is 5.10 Å². The van der Waals surface area contributed by atoms with E-state index < -0.39 is 5.91 Å². The van der Waals surface area contributed by atoms with E-state index >= 15 is 0 Å². The average Bonchev–Trinajstić information content (AvgIpc) is 3.44. The van der Waals surface area contributed by atoms with E-state index in [4.69, 9.17) is 37.1 Å². The summed E-state index contributed by atoms with van der Waals surface area (Å²) in [6, 6.07) is 15.7. The first-order chi connectivity index (χ1) is 15.5. The first-order valence-corrected chi connectivity index (χ1v) is 10.3. The van der Waals surface area contributed by atoms with E-state index in [1.807, 2.05) is 18.2 Å². The van der Waals surface area contributed by atoms with E-state index in [-0.39, 0.29) is 18.3 Å². The fourth-order valence-corrected chi connectivity index (χ4v) is 3.35. The van der Waals surface area contributed by atoms with Crippen molar-refractivity contribution in [1.29, 1.82) is 0 Å². The fraction of sp³-hybridized carbons (Fsp3) is 0.136. The lowest BCUT2D eigenvalue weighted by molar-refractivity contribution is 0.0991. The van der Waals surface area contributed by atoms with Gasteiger partial charge in [-0.05, 0) is 42.0 Å². The van der Waals surface area contributed by atoms with Crippen molar-refractivity contribution < 1.29 is 18.7 Å². The highest BCUT2D eigenvalue weighted by Crippen LogP contribution is 2.27. The number of methoxy groups -OCH3 is 1. The molecule has 1 amide bonds. The molecule has 0 aliphatic rings. The van der Waals surface area contributed by atoms with Crippen LogP contribution in [0.15, 0.2) is 65.3 Å². The van der Waals surface area contributed by atoms with Crippen molar-refractivity contribution >= 4 is 35.1 Å². The highest BCUT2D eigenvalue weighted by atomic mass is 35.5. The summed E-state index contributed by atoms with van der Waals surface area (Å²) >= 11 is 12.1.